The lowest BCUT2D eigenvalue weighted by molar-refractivity contribution is -0.117. The van der Waals surface area contributed by atoms with Crippen molar-refractivity contribution in [3.8, 4) is 5.75 Å². The second kappa shape index (κ2) is 6.34. The summed E-state index contributed by atoms with van der Waals surface area (Å²) in [5.74, 6) is 0.712. The number of para-hydroxylation sites is 2. The number of hydrogen-bond acceptors (Lipinski definition) is 4. The molecule has 1 aliphatic rings. The summed E-state index contributed by atoms with van der Waals surface area (Å²) in [4.78, 5) is 16.5. The number of aliphatic imine (C=N–C) groups is 1. The second-order valence-corrected chi connectivity index (χ2v) is 6.69. The van der Waals surface area contributed by atoms with E-state index in [-0.39, 0.29) is 23.1 Å². The van der Waals surface area contributed by atoms with E-state index in [1.165, 1.54) is 6.21 Å². The Hall–Kier alpha value is -2.10. The van der Waals surface area contributed by atoms with Gasteiger partial charge < -0.3 is 9.84 Å². The largest absolute Gasteiger partial charge is 0.511 e. The van der Waals surface area contributed by atoms with Crippen molar-refractivity contribution in [2.24, 2.45) is 10.4 Å². The van der Waals surface area contributed by atoms with Crippen LogP contribution < -0.4 is 4.74 Å². The molecule has 0 saturated carbocycles. The van der Waals surface area contributed by atoms with E-state index in [2.05, 4.69) is 4.99 Å². The van der Waals surface area contributed by atoms with E-state index in [1.54, 1.807) is 0 Å². The molecule has 118 valence electrons. The lowest BCUT2D eigenvalue weighted by atomic mass is 9.77. The monoisotopic (exact) mass is 301 g/mol. The minimum Gasteiger partial charge on any atom is -0.511 e. The number of aliphatic hydroxyl groups is 1. The van der Waals surface area contributed by atoms with Crippen molar-refractivity contribution in [1.82, 2.24) is 0 Å². The van der Waals surface area contributed by atoms with Gasteiger partial charge in [-0.1, -0.05) is 26.0 Å². The predicted molar refractivity (Wildman–Crippen MR) is 88.0 cm³/mol. The van der Waals surface area contributed by atoms with Crippen LogP contribution in [0.3, 0.4) is 0 Å². The Morgan fingerprint density at radius 2 is 1.95 bits per heavy atom. The molecule has 0 amide bonds. The van der Waals surface area contributed by atoms with E-state index in [9.17, 15) is 9.90 Å². The molecule has 1 aliphatic carbocycles. The Labute approximate surface area is 131 Å². The lowest BCUT2D eigenvalue weighted by Crippen LogP contribution is -2.26. The number of benzene rings is 1. The number of rotatable bonds is 4. The average molecular weight is 301 g/mol. The number of ether oxygens (including phenoxy) is 1. The molecule has 2 rings (SSSR count). The van der Waals surface area contributed by atoms with Crippen LogP contribution in [0.2, 0.25) is 0 Å². The standard InChI is InChI=1S/C18H23NO3/c1-12(2)22-17-8-6-5-7-14(17)19-11-13-15(20)9-18(3,4)10-16(13)21/h5-8,11-12,20H,9-10H2,1-4H3. The van der Waals surface area contributed by atoms with E-state index < -0.39 is 0 Å². The average Bonchev–Trinajstić information content (AvgIpc) is 2.37. The van der Waals surface area contributed by atoms with Crippen molar-refractivity contribution in [1.29, 1.82) is 0 Å². The summed E-state index contributed by atoms with van der Waals surface area (Å²) in [6, 6.07) is 7.40. The van der Waals surface area contributed by atoms with Crippen molar-refractivity contribution in [2.75, 3.05) is 0 Å². The molecule has 0 saturated heterocycles. The maximum absolute atomic E-state index is 12.2. The van der Waals surface area contributed by atoms with Gasteiger partial charge in [0.05, 0.1) is 11.7 Å². The first-order chi connectivity index (χ1) is 10.3. The van der Waals surface area contributed by atoms with Crippen molar-refractivity contribution >= 4 is 17.7 Å². The smallest absolute Gasteiger partial charge is 0.168 e. The third-order valence-electron chi connectivity index (χ3n) is 3.46. The summed E-state index contributed by atoms with van der Waals surface area (Å²) in [7, 11) is 0. The van der Waals surface area contributed by atoms with E-state index in [0.29, 0.717) is 29.9 Å². The summed E-state index contributed by atoms with van der Waals surface area (Å²) in [6.45, 7) is 7.84. The fraction of sp³-hybridized carbons (Fsp3) is 0.444. The molecule has 22 heavy (non-hydrogen) atoms. The number of carbonyl (C=O) groups excluding carboxylic acids is 1. The zero-order valence-corrected chi connectivity index (χ0v) is 13.6. The number of nitrogens with zero attached hydrogens (tertiary/aromatic N) is 1. The highest BCUT2D eigenvalue weighted by atomic mass is 16.5. The normalized spacial score (nSPS) is 18.3. The van der Waals surface area contributed by atoms with Gasteiger partial charge >= 0.3 is 0 Å². The molecule has 0 aliphatic heterocycles. The van der Waals surface area contributed by atoms with Crippen molar-refractivity contribution < 1.29 is 14.6 Å². The van der Waals surface area contributed by atoms with Crippen molar-refractivity contribution in [2.45, 2.75) is 46.6 Å². The number of carbonyl (C=O) groups is 1. The van der Waals surface area contributed by atoms with Gasteiger partial charge in [0.1, 0.15) is 17.2 Å². The minimum absolute atomic E-state index is 0.0427. The van der Waals surface area contributed by atoms with Crippen LogP contribution in [0.4, 0.5) is 5.69 Å². The van der Waals surface area contributed by atoms with Crippen LogP contribution in [0.5, 0.6) is 5.75 Å². The molecular formula is C18H23NO3. The Morgan fingerprint density at radius 3 is 2.59 bits per heavy atom. The molecule has 0 spiro atoms. The van der Waals surface area contributed by atoms with Crippen LogP contribution in [0.1, 0.15) is 40.5 Å². The molecule has 0 atom stereocenters. The van der Waals surface area contributed by atoms with Gasteiger partial charge in [-0.15, -0.1) is 0 Å². The van der Waals surface area contributed by atoms with Gasteiger partial charge in [-0.25, -0.2) is 0 Å². The molecule has 1 N–H and O–H groups in total. The molecule has 0 aromatic heterocycles. The molecule has 1 aromatic rings. The molecular weight excluding hydrogens is 278 g/mol. The highest BCUT2D eigenvalue weighted by Crippen LogP contribution is 2.35. The van der Waals surface area contributed by atoms with Gasteiger partial charge in [0.15, 0.2) is 5.78 Å². The Kier molecular flexibility index (Phi) is 4.69. The van der Waals surface area contributed by atoms with Crippen molar-refractivity contribution in [3.63, 3.8) is 0 Å². The Bertz CT molecular complexity index is 627. The topological polar surface area (TPSA) is 58.9 Å². The summed E-state index contributed by atoms with van der Waals surface area (Å²) in [6.07, 6.45) is 2.41. The molecule has 0 radical (unpaired) electrons. The number of ketones is 1. The van der Waals surface area contributed by atoms with Gasteiger partial charge in [-0.05, 0) is 31.4 Å². The number of Topliss-reactive ketones (excluding diaryl/α,β-unsaturated/α-hetero) is 1. The fourth-order valence-corrected chi connectivity index (χ4v) is 2.50. The van der Waals surface area contributed by atoms with E-state index in [1.807, 2.05) is 52.0 Å². The van der Waals surface area contributed by atoms with E-state index in [4.69, 9.17) is 4.74 Å². The summed E-state index contributed by atoms with van der Waals surface area (Å²) < 4.78 is 5.69. The van der Waals surface area contributed by atoms with Gasteiger partial charge in [-0.2, -0.15) is 0 Å². The SMILES string of the molecule is CC(C)Oc1ccccc1N=CC1=C(O)CC(C)(C)CC1=O. The van der Waals surface area contributed by atoms with Crippen LogP contribution >= 0.6 is 0 Å². The van der Waals surface area contributed by atoms with Crippen LogP contribution in [-0.4, -0.2) is 23.2 Å². The number of aliphatic hydroxyl groups excluding tert-OH is 1. The number of allylic oxidation sites excluding steroid dienone is 2. The van der Waals surface area contributed by atoms with Crippen molar-refractivity contribution in [3.05, 3.63) is 35.6 Å². The summed E-state index contributed by atoms with van der Waals surface area (Å²) in [5, 5.41) is 10.1. The molecule has 4 nitrogen and oxygen atoms in total. The van der Waals surface area contributed by atoms with Crippen LogP contribution in [0, 0.1) is 5.41 Å². The number of hydrogen-bond donors (Lipinski definition) is 1. The third-order valence-corrected chi connectivity index (χ3v) is 3.46. The van der Waals surface area contributed by atoms with E-state index >= 15 is 0 Å². The van der Waals surface area contributed by atoms with Gasteiger partial charge in [0.25, 0.3) is 0 Å². The third kappa shape index (κ3) is 3.97. The van der Waals surface area contributed by atoms with Gasteiger partial charge in [-0.3, -0.25) is 9.79 Å². The molecule has 4 heteroatoms. The Morgan fingerprint density at radius 1 is 1.27 bits per heavy atom. The molecule has 1 aromatic carbocycles. The first-order valence-corrected chi connectivity index (χ1v) is 7.53. The summed E-state index contributed by atoms with van der Waals surface area (Å²) in [5.41, 5.74) is 0.754. The zero-order chi connectivity index (χ0) is 16.3. The first-order valence-electron chi connectivity index (χ1n) is 7.53. The van der Waals surface area contributed by atoms with Crippen LogP contribution in [0.25, 0.3) is 0 Å². The maximum Gasteiger partial charge on any atom is 0.168 e. The molecule has 0 fully saturated rings. The highest BCUT2D eigenvalue weighted by Gasteiger charge is 2.32. The van der Waals surface area contributed by atoms with E-state index in [0.717, 1.165) is 0 Å². The summed E-state index contributed by atoms with van der Waals surface area (Å²) >= 11 is 0. The fourth-order valence-electron chi connectivity index (χ4n) is 2.50. The second-order valence-electron chi connectivity index (χ2n) is 6.69. The Balaban J connectivity index is 2.27. The zero-order valence-electron chi connectivity index (χ0n) is 13.6. The maximum atomic E-state index is 12.2. The first kappa shape index (κ1) is 16.3. The molecule has 0 bridgehead atoms. The minimum atomic E-state index is -0.197. The highest BCUT2D eigenvalue weighted by molar-refractivity contribution is 6.15. The molecule has 0 unspecified atom stereocenters. The van der Waals surface area contributed by atoms with Gasteiger partial charge in [0, 0.05) is 19.1 Å². The molecule has 0 heterocycles. The van der Waals surface area contributed by atoms with Crippen LogP contribution in [-0.2, 0) is 4.79 Å². The van der Waals surface area contributed by atoms with Crippen LogP contribution in [0.15, 0.2) is 40.6 Å². The lowest BCUT2D eigenvalue weighted by Gasteiger charge is -2.28. The van der Waals surface area contributed by atoms with Gasteiger partial charge in [0.2, 0.25) is 0 Å². The predicted octanol–water partition coefficient (Wildman–Crippen LogP) is 4.38. The quantitative estimate of drug-likeness (QED) is 0.840.